The topological polar surface area (TPSA) is 75.5 Å². The molecule has 0 spiro atoms. The molecular weight excluding hydrogens is 355 g/mol. The Hall–Kier alpha value is -1.92. The second-order valence-electron chi connectivity index (χ2n) is 5.72. The number of carbonyl (C=O) groups excluding carboxylic acids is 1. The van der Waals surface area contributed by atoms with Gasteiger partial charge in [0.05, 0.1) is 13.2 Å². The monoisotopic (exact) mass is 370 g/mol. The maximum absolute atomic E-state index is 12.1. The Morgan fingerprint density at radius 1 is 1.29 bits per heavy atom. The molecule has 1 aromatic heterocycles. The van der Waals surface area contributed by atoms with Gasteiger partial charge in [-0.3, -0.25) is 4.79 Å². The van der Waals surface area contributed by atoms with Crippen LogP contribution in [0.2, 0.25) is 10.0 Å². The molecule has 1 amide bonds. The van der Waals surface area contributed by atoms with Crippen LogP contribution in [0, 0.1) is 0 Å². The zero-order valence-electron chi connectivity index (χ0n) is 12.9. The molecule has 128 valence electrons. The number of nitrogens with zero attached hydrogens (tertiary/aromatic N) is 1. The zero-order chi connectivity index (χ0) is 17.3. The Bertz CT molecular complexity index is 781. The highest BCUT2D eigenvalue weighted by atomic mass is 35.5. The molecule has 1 N–H and O–H groups in total. The van der Waals surface area contributed by atoms with E-state index in [0.29, 0.717) is 35.2 Å². The first kappa shape index (κ1) is 16.9. The molecule has 1 aromatic carbocycles. The van der Waals surface area contributed by atoms with Crippen LogP contribution in [0.3, 0.4) is 0 Å². The van der Waals surface area contributed by atoms with Gasteiger partial charge in [-0.1, -0.05) is 23.2 Å². The van der Waals surface area contributed by atoms with Crippen molar-refractivity contribution in [3.05, 3.63) is 56.0 Å². The Morgan fingerprint density at radius 3 is 2.58 bits per heavy atom. The van der Waals surface area contributed by atoms with Crippen molar-refractivity contribution in [2.45, 2.75) is 24.8 Å². The van der Waals surface area contributed by atoms with E-state index in [9.17, 15) is 9.59 Å². The van der Waals surface area contributed by atoms with E-state index in [4.69, 9.17) is 32.5 Å². The lowest BCUT2D eigenvalue weighted by atomic mass is 9.86. The van der Waals surface area contributed by atoms with E-state index in [1.165, 1.54) is 13.2 Å². The highest BCUT2D eigenvalue weighted by Gasteiger charge is 2.35. The van der Waals surface area contributed by atoms with Crippen molar-refractivity contribution >= 4 is 29.3 Å². The number of aromatic nitrogens is 1. The maximum Gasteiger partial charge on any atom is 0.409 e. The number of hydrogen-bond acceptors (Lipinski definition) is 4. The largest absolute Gasteiger partial charge is 0.453 e. The normalized spacial score (nSPS) is 20.9. The number of ether oxygens (including phenoxy) is 1. The number of halogens is 2. The molecule has 0 aliphatic carbocycles. The summed E-state index contributed by atoms with van der Waals surface area (Å²) in [7, 11) is 1.35. The van der Waals surface area contributed by atoms with Crippen molar-refractivity contribution in [3.8, 4) is 0 Å². The Balaban J connectivity index is 1.94. The number of nitrogens with one attached hydrogen (secondary N) is 1. The molecule has 0 saturated carbocycles. The van der Waals surface area contributed by atoms with Crippen LogP contribution < -0.4 is 5.56 Å². The minimum Gasteiger partial charge on any atom is -0.453 e. The summed E-state index contributed by atoms with van der Waals surface area (Å²) < 4.78 is 10.1. The number of amides is 1. The van der Waals surface area contributed by atoms with Gasteiger partial charge in [0.15, 0.2) is 0 Å². The number of likely N-dealkylation sites (tertiary alicyclic amines) is 1. The van der Waals surface area contributed by atoms with Gasteiger partial charge >= 0.3 is 6.09 Å². The minimum atomic E-state index is -0.412. The summed E-state index contributed by atoms with van der Waals surface area (Å²) in [6, 6.07) is 6.38. The minimum absolute atomic E-state index is 0.00705. The Morgan fingerprint density at radius 2 is 2.00 bits per heavy atom. The van der Waals surface area contributed by atoms with Gasteiger partial charge in [-0.05, 0) is 36.6 Å². The van der Waals surface area contributed by atoms with E-state index >= 15 is 0 Å². The summed E-state index contributed by atoms with van der Waals surface area (Å²) in [6.45, 7) is 0.473. The van der Waals surface area contributed by atoms with E-state index in [0.717, 1.165) is 5.56 Å². The van der Waals surface area contributed by atoms with Crippen LogP contribution in [0.25, 0.3) is 0 Å². The number of benzene rings is 1. The number of H-pyrrole nitrogens is 1. The van der Waals surface area contributed by atoms with E-state index in [2.05, 4.69) is 5.16 Å². The SMILES string of the molecule is COC(=O)N1CC[C@@H](c2cc(=O)[nH]o2)C[C@@H]1c1cc(Cl)cc(Cl)c1. The van der Waals surface area contributed by atoms with Gasteiger partial charge in [0.25, 0.3) is 5.56 Å². The number of hydrogen-bond donors (Lipinski definition) is 1. The number of piperidine rings is 1. The van der Waals surface area contributed by atoms with Crippen molar-refractivity contribution in [1.29, 1.82) is 0 Å². The third kappa shape index (κ3) is 3.44. The first-order chi connectivity index (χ1) is 11.5. The standard InChI is InChI=1S/C16H16Cl2N2O4/c1-23-16(22)20-3-2-9(14-8-15(21)19-24-14)6-13(20)10-4-11(17)7-12(18)5-10/h4-5,7-9,13H,2-3,6H2,1H3,(H,19,21)/t9-,13-/m1/s1. The first-order valence-corrected chi connectivity index (χ1v) is 8.22. The summed E-state index contributed by atoms with van der Waals surface area (Å²) in [5, 5.41) is 3.30. The maximum atomic E-state index is 12.1. The zero-order valence-corrected chi connectivity index (χ0v) is 14.4. The van der Waals surface area contributed by atoms with Crippen LogP contribution in [-0.2, 0) is 4.74 Å². The number of methoxy groups -OCH3 is 1. The first-order valence-electron chi connectivity index (χ1n) is 7.47. The molecule has 8 heteroatoms. The van der Waals surface area contributed by atoms with Gasteiger partial charge in [-0.25, -0.2) is 4.79 Å². The Kier molecular flexibility index (Phi) is 4.87. The van der Waals surface area contributed by atoms with Gasteiger partial charge in [0.1, 0.15) is 5.76 Å². The average molecular weight is 371 g/mol. The van der Waals surface area contributed by atoms with Crippen molar-refractivity contribution in [1.82, 2.24) is 10.1 Å². The highest BCUT2D eigenvalue weighted by Crippen LogP contribution is 2.40. The van der Waals surface area contributed by atoms with Crippen molar-refractivity contribution in [3.63, 3.8) is 0 Å². The molecule has 0 bridgehead atoms. The lowest BCUT2D eigenvalue weighted by Crippen LogP contribution is -2.40. The summed E-state index contributed by atoms with van der Waals surface area (Å²) in [6.07, 6.45) is 0.831. The average Bonchev–Trinajstić information content (AvgIpc) is 2.99. The fourth-order valence-corrected chi connectivity index (χ4v) is 3.68. The molecule has 2 atom stereocenters. The third-order valence-corrected chi connectivity index (χ3v) is 4.66. The van der Waals surface area contributed by atoms with Gasteiger partial charge in [0, 0.05) is 28.6 Å². The van der Waals surface area contributed by atoms with Crippen LogP contribution >= 0.6 is 23.2 Å². The molecule has 0 radical (unpaired) electrons. The Labute approximate surface area is 148 Å². The van der Waals surface area contributed by atoms with Gasteiger partial charge in [0.2, 0.25) is 0 Å². The molecule has 1 aliphatic rings. The summed E-state index contributed by atoms with van der Waals surface area (Å²) in [4.78, 5) is 25.1. The van der Waals surface area contributed by atoms with Gasteiger partial charge in [-0.15, -0.1) is 0 Å². The van der Waals surface area contributed by atoms with Gasteiger partial charge < -0.3 is 14.2 Å². The van der Waals surface area contributed by atoms with E-state index in [1.807, 2.05) is 0 Å². The molecule has 1 fully saturated rings. The smallest absolute Gasteiger partial charge is 0.409 e. The van der Waals surface area contributed by atoms with Crippen LogP contribution in [0.15, 0.2) is 33.6 Å². The number of aromatic amines is 1. The third-order valence-electron chi connectivity index (χ3n) is 4.23. The fraction of sp³-hybridized carbons (Fsp3) is 0.375. The highest BCUT2D eigenvalue weighted by molar-refractivity contribution is 6.34. The van der Waals surface area contributed by atoms with Crippen molar-refractivity contribution in [2.75, 3.05) is 13.7 Å². The van der Waals surface area contributed by atoms with Crippen molar-refractivity contribution in [2.24, 2.45) is 0 Å². The second-order valence-corrected chi connectivity index (χ2v) is 6.59. The molecule has 6 nitrogen and oxygen atoms in total. The predicted molar refractivity (Wildman–Crippen MR) is 89.6 cm³/mol. The van der Waals surface area contributed by atoms with Crippen LogP contribution in [0.5, 0.6) is 0 Å². The summed E-state index contributed by atoms with van der Waals surface area (Å²) in [5.74, 6) is 0.593. The van der Waals surface area contributed by atoms with Crippen LogP contribution in [0.1, 0.15) is 36.1 Å². The van der Waals surface area contributed by atoms with E-state index in [1.54, 1.807) is 23.1 Å². The molecule has 2 aromatic rings. The molecule has 1 saturated heterocycles. The molecule has 1 aliphatic heterocycles. The quantitative estimate of drug-likeness (QED) is 0.867. The molecule has 2 heterocycles. The number of rotatable bonds is 2. The predicted octanol–water partition coefficient (Wildman–Crippen LogP) is 3.96. The second kappa shape index (κ2) is 6.91. The lowest BCUT2D eigenvalue weighted by molar-refractivity contribution is 0.0815. The lowest BCUT2D eigenvalue weighted by Gasteiger charge is -2.38. The summed E-state index contributed by atoms with van der Waals surface area (Å²) >= 11 is 12.2. The molecule has 3 rings (SSSR count). The van der Waals surface area contributed by atoms with Gasteiger partial charge in [-0.2, -0.15) is 5.16 Å². The van der Waals surface area contributed by atoms with E-state index < -0.39 is 6.09 Å². The fourth-order valence-electron chi connectivity index (χ4n) is 3.14. The summed E-state index contributed by atoms with van der Waals surface area (Å²) in [5.41, 5.74) is 0.545. The van der Waals surface area contributed by atoms with E-state index in [-0.39, 0.29) is 17.5 Å². The van der Waals surface area contributed by atoms with Crippen LogP contribution in [0.4, 0.5) is 4.79 Å². The molecule has 24 heavy (non-hydrogen) atoms. The van der Waals surface area contributed by atoms with Crippen LogP contribution in [-0.4, -0.2) is 29.8 Å². The number of carbonyl (C=O) groups is 1. The van der Waals surface area contributed by atoms with Crippen molar-refractivity contribution < 1.29 is 14.1 Å². The molecular formula is C16H16Cl2N2O4. The molecule has 0 unspecified atom stereocenters.